The van der Waals surface area contributed by atoms with Gasteiger partial charge in [0.25, 0.3) is 0 Å². The van der Waals surface area contributed by atoms with Gasteiger partial charge < -0.3 is 9.47 Å². The van der Waals surface area contributed by atoms with Crippen LogP contribution in [0.25, 0.3) is 0 Å². The van der Waals surface area contributed by atoms with Crippen molar-refractivity contribution < 1.29 is 19.1 Å². The van der Waals surface area contributed by atoms with E-state index in [0.29, 0.717) is 16.9 Å². The molecule has 0 spiro atoms. The van der Waals surface area contributed by atoms with Crippen LogP contribution in [0.5, 0.6) is 11.5 Å². The van der Waals surface area contributed by atoms with Crippen LogP contribution in [0.3, 0.4) is 0 Å². The minimum Gasteiger partial charge on any atom is -0.488 e. The molecule has 1 fully saturated rings. The average Bonchev–Trinajstić information content (AvgIpc) is 2.99. The Kier molecular flexibility index (Phi) is 9.89. The van der Waals surface area contributed by atoms with E-state index in [0.717, 1.165) is 49.0 Å². The lowest BCUT2D eigenvalue weighted by atomic mass is 9.65. The molecular weight excluding hydrogens is 532 g/mol. The molecule has 3 aromatic carbocycles. The Balaban J connectivity index is 1.60. The van der Waals surface area contributed by atoms with Crippen LogP contribution in [0.4, 0.5) is 0 Å². The maximum Gasteiger partial charge on any atom is 0.343 e. The molecule has 0 bridgehead atoms. The maximum atomic E-state index is 13.2. The summed E-state index contributed by atoms with van der Waals surface area (Å²) in [5.74, 6) is 1.09. The predicted octanol–water partition coefficient (Wildman–Crippen LogP) is 10.3. The molecule has 0 saturated heterocycles. The molecule has 0 amide bonds. The molecule has 1 aliphatic rings. The van der Waals surface area contributed by atoms with Crippen LogP contribution >= 0.6 is 0 Å². The molecule has 4 nitrogen and oxygen atoms in total. The number of hydrogen-bond donors (Lipinski definition) is 0. The van der Waals surface area contributed by atoms with E-state index < -0.39 is 11.4 Å². The highest BCUT2D eigenvalue weighted by atomic mass is 16.5. The van der Waals surface area contributed by atoms with Crippen LogP contribution in [0.2, 0.25) is 0 Å². The summed E-state index contributed by atoms with van der Waals surface area (Å²) in [7, 11) is 0. The molecule has 230 valence electrons. The van der Waals surface area contributed by atoms with Crippen molar-refractivity contribution >= 4 is 11.8 Å². The van der Waals surface area contributed by atoms with Crippen LogP contribution < -0.4 is 9.47 Å². The van der Waals surface area contributed by atoms with Crippen molar-refractivity contribution in [2.45, 2.75) is 118 Å². The van der Waals surface area contributed by atoms with E-state index in [-0.39, 0.29) is 16.8 Å². The fourth-order valence-electron chi connectivity index (χ4n) is 6.47. The largest absolute Gasteiger partial charge is 0.488 e. The first kappa shape index (κ1) is 32.5. The van der Waals surface area contributed by atoms with Crippen molar-refractivity contribution in [1.29, 1.82) is 0 Å². The van der Waals surface area contributed by atoms with Gasteiger partial charge in [0.1, 0.15) is 17.1 Å². The first-order valence-electron chi connectivity index (χ1n) is 16.1. The van der Waals surface area contributed by atoms with Gasteiger partial charge in [-0.15, -0.1) is 0 Å². The van der Waals surface area contributed by atoms with Gasteiger partial charge in [-0.2, -0.15) is 0 Å². The molecule has 0 unspecified atom stereocenters. The second kappa shape index (κ2) is 13.1. The highest BCUT2D eigenvalue weighted by molar-refractivity contribution is 6.02. The third-order valence-corrected chi connectivity index (χ3v) is 9.45. The van der Waals surface area contributed by atoms with Gasteiger partial charge in [0.2, 0.25) is 0 Å². The zero-order valence-corrected chi connectivity index (χ0v) is 27.6. The number of carbonyl (C=O) groups excluding carboxylic acids is 2. The van der Waals surface area contributed by atoms with E-state index in [2.05, 4.69) is 65.0 Å². The number of aryl methyl sites for hydroxylation is 2. The van der Waals surface area contributed by atoms with E-state index >= 15 is 0 Å². The molecule has 1 saturated carbocycles. The molecule has 0 aromatic heterocycles. The molecular formula is C39H50O4. The number of rotatable bonds is 11. The molecule has 0 radical (unpaired) electrons. The van der Waals surface area contributed by atoms with Gasteiger partial charge in [-0.05, 0) is 99.9 Å². The number of benzene rings is 3. The number of Topliss-reactive ketones (excluding diaryl/α,β-unsaturated/α-hetero) is 1. The SMILES string of the molecule is CCCC(C)(C)C(=O)c1cccc(C(=O)Oc2ccc(C3(c4ccc(OC(C)(C)CC)c(C)c4)CCCCC3)cc2C)c1. The summed E-state index contributed by atoms with van der Waals surface area (Å²) in [6.07, 6.45) is 8.44. The minimum absolute atomic E-state index is 0.0474. The van der Waals surface area contributed by atoms with E-state index in [1.807, 2.05) is 26.8 Å². The molecule has 0 atom stereocenters. The number of ketones is 1. The van der Waals surface area contributed by atoms with Crippen LogP contribution in [-0.4, -0.2) is 17.4 Å². The Morgan fingerprint density at radius 3 is 1.91 bits per heavy atom. The van der Waals surface area contributed by atoms with Gasteiger partial charge in [0.15, 0.2) is 5.78 Å². The fraction of sp³-hybridized carbons (Fsp3) is 0.487. The molecule has 3 aromatic rings. The number of carbonyl (C=O) groups is 2. The average molecular weight is 583 g/mol. The third-order valence-electron chi connectivity index (χ3n) is 9.45. The van der Waals surface area contributed by atoms with E-state index in [1.54, 1.807) is 24.3 Å². The smallest absolute Gasteiger partial charge is 0.343 e. The van der Waals surface area contributed by atoms with Crippen molar-refractivity contribution in [3.05, 3.63) is 94.0 Å². The van der Waals surface area contributed by atoms with E-state index in [4.69, 9.17) is 9.47 Å². The van der Waals surface area contributed by atoms with Crippen LogP contribution in [-0.2, 0) is 5.41 Å². The number of ether oxygens (including phenoxy) is 2. The zero-order chi connectivity index (χ0) is 31.4. The zero-order valence-electron chi connectivity index (χ0n) is 27.6. The van der Waals surface area contributed by atoms with E-state index in [1.165, 1.54) is 30.4 Å². The number of hydrogen-bond acceptors (Lipinski definition) is 4. The lowest BCUT2D eigenvalue weighted by Crippen LogP contribution is -2.31. The van der Waals surface area contributed by atoms with Crippen molar-refractivity contribution in [1.82, 2.24) is 0 Å². The molecule has 0 heterocycles. The summed E-state index contributed by atoms with van der Waals surface area (Å²) in [4.78, 5) is 26.4. The van der Waals surface area contributed by atoms with Crippen LogP contribution in [0.15, 0.2) is 60.7 Å². The Morgan fingerprint density at radius 2 is 1.35 bits per heavy atom. The molecule has 43 heavy (non-hydrogen) atoms. The second-order valence-corrected chi connectivity index (χ2v) is 13.8. The normalized spacial score (nSPS) is 15.2. The molecule has 0 aliphatic heterocycles. The Morgan fingerprint density at radius 1 is 0.767 bits per heavy atom. The highest BCUT2D eigenvalue weighted by Crippen LogP contribution is 2.47. The van der Waals surface area contributed by atoms with Crippen molar-refractivity contribution in [3.8, 4) is 11.5 Å². The van der Waals surface area contributed by atoms with Gasteiger partial charge in [0, 0.05) is 16.4 Å². The van der Waals surface area contributed by atoms with Crippen molar-refractivity contribution in [3.63, 3.8) is 0 Å². The topological polar surface area (TPSA) is 52.6 Å². The Hall–Kier alpha value is -3.40. The first-order valence-corrected chi connectivity index (χ1v) is 16.1. The van der Waals surface area contributed by atoms with E-state index in [9.17, 15) is 9.59 Å². The predicted molar refractivity (Wildman–Crippen MR) is 176 cm³/mol. The third kappa shape index (κ3) is 7.22. The summed E-state index contributed by atoms with van der Waals surface area (Å²) < 4.78 is 12.3. The molecule has 4 rings (SSSR count). The minimum atomic E-state index is -0.475. The fourth-order valence-corrected chi connectivity index (χ4v) is 6.47. The Bertz CT molecular complexity index is 1460. The Labute approximate surface area is 259 Å². The monoisotopic (exact) mass is 582 g/mol. The van der Waals surface area contributed by atoms with Crippen LogP contribution in [0, 0.1) is 19.3 Å². The molecule has 1 aliphatic carbocycles. The molecule has 0 N–H and O–H groups in total. The van der Waals surface area contributed by atoms with Gasteiger partial charge in [-0.25, -0.2) is 4.79 Å². The lowest BCUT2D eigenvalue weighted by molar-refractivity contribution is 0.0733. The van der Waals surface area contributed by atoms with Gasteiger partial charge in [-0.1, -0.05) is 89.8 Å². The summed E-state index contributed by atoms with van der Waals surface area (Å²) >= 11 is 0. The summed E-state index contributed by atoms with van der Waals surface area (Å²) in [5.41, 5.74) is 4.82. The second-order valence-electron chi connectivity index (χ2n) is 13.8. The number of esters is 1. The lowest BCUT2D eigenvalue weighted by Gasteiger charge is -2.39. The van der Waals surface area contributed by atoms with Gasteiger partial charge in [0.05, 0.1) is 5.56 Å². The quantitative estimate of drug-likeness (QED) is 0.128. The van der Waals surface area contributed by atoms with Gasteiger partial charge >= 0.3 is 5.97 Å². The standard InChI is InChI=1S/C39H50O4/c1-9-21-37(5,6)35(40)29-15-14-16-30(26-29)36(41)42-33-19-17-31(24-27(33)3)39(22-12-11-13-23-39)32-18-20-34(28(4)25-32)43-38(7,8)10-2/h14-20,24-26H,9-13,21-23H2,1-8H3. The molecule has 4 heteroatoms. The summed E-state index contributed by atoms with van der Waals surface area (Å²) in [5, 5.41) is 0. The van der Waals surface area contributed by atoms with Crippen molar-refractivity contribution in [2.75, 3.05) is 0 Å². The summed E-state index contributed by atoms with van der Waals surface area (Å²) in [6, 6.07) is 19.9. The van der Waals surface area contributed by atoms with Crippen LogP contribution in [0.1, 0.15) is 136 Å². The van der Waals surface area contributed by atoms with Crippen molar-refractivity contribution in [2.24, 2.45) is 5.41 Å². The summed E-state index contributed by atoms with van der Waals surface area (Å²) in [6.45, 7) is 16.6. The van der Waals surface area contributed by atoms with Gasteiger partial charge in [-0.3, -0.25) is 4.79 Å². The maximum absolute atomic E-state index is 13.2. The highest BCUT2D eigenvalue weighted by Gasteiger charge is 2.36. The first-order chi connectivity index (χ1) is 20.3.